The van der Waals surface area contributed by atoms with E-state index >= 15 is 0 Å². The van der Waals surface area contributed by atoms with Gasteiger partial charge < -0.3 is 9.64 Å². The smallest absolute Gasteiger partial charge is 0.307 e. The van der Waals surface area contributed by atoms with E-state index in [2.05, 4.69) is 0 Å². The molecule has 1 aromatic carbocycles. The molecule has 1 amide bonds. The molecular formula is C11H11F2NO4S. The molecule has 1 atom stereocenters. The first-order valence-corrected chi connectivity index (χ1v) is 6.85. The Morgan fingerprint density at radius 1 is 1.42 bits per heavy atom. The van der Waals surface area contributed by atoms with E-state index in [9.17, 15) is 21.5 Å². The molecule has 1 fully saturated rings. The third-order valence-electron chi connectivity index (χ3n) is 2.93. The van der Waals surface area contributed by atoms with E-state index in [1.54, 1.807) is 0 Å². The zero-order valence-electron chi connectivity index (χ0n) is 9.97. The molecule has 1 saturated heterocycles. The molecule has 0 N–H and O–H groups in total. The van der Waals surface area contributed by atoms with Crippen LogP contribution in [0, 0.1) is 5.82 Å². The molecule has 0 saturated carbocycles. The minimum Gasteiger partial charge on any atom is -0.497 e. The third-order valence-corrected chi connectivity index (χ3v) is 4.04. The van der Waals surface area contributed by atoms with E-state index in [0.717, 1.165) is 11.0 Å². The van der Waals surface area contributed by atoms with Crippen molar-refractivity contribution >= 4 is 21.8 Å². The number of ether oxygens (including phenoxy) is 1. The van der Waals surface area contributed by atoms with Crippen LogP contribution in [-0.4, -0.2) is 33.2 Å². The van der Waals surface area contributed by atoms with E-state index in [1.807, 2.05) is 0 Å². The molecule has 19 heavy (non-hydrogen) atoms. The zero-order valence-corrected chi connectivity index (χ0v) is 10.8. The SMILES string of the molecule is COc1ccc(F)c(N2CC(S(=O)(=O)F)CC2=O)c1. The summed E-state index contributed by atoms with van der Waals surface area (Å²) >= 11 is 0. The van der Waals surface area contributed by atoms with Gasteiger partial charge in [0.05, 0.1) is 12.8 Å². The monoisotopic (exact) mass is 291 g/mol. The molecule has 0 aromatic heterocycles. The highest BCUT2D eigenvalue weighted by molar-refractivity contribution is 7.87. The van der Waals surface area contributed by atoms with Gasteiger partial charge in [-0.05, 0) is 12.1 Å². The molecule has 0 aliphatic carbocycles. The average molecular weight is 291 g/mol. The lowest BCUT2D eigenvalue weighted by molar-refractivity contribution is -0.117. The Hall–Kier alpha value is -1.70. The van der Waals surface area contributed by atoms with Crippen LogP contribution in [0.3, 0.4) is 0 Å². The lowest BCUT2D eigenvalue weighted by atomic mass is 10.2. The second-order valence-corrected chi connectivity index (χ2v) is 5.74. The van der Waals surface area contributed by atoms with Crippen LogP contribution in [0.2, 0.25) is 0 Å². The Morgan fingerprint density at radius 2 is 2.11 bits per heavy atom. The molecule has 104 valence electrons. The van der Waals surface area contributed by atoms with Crippen molar-refractivity contribution in [2.24, 2.45) is 0 Å². The van der Waals surface area contributed by atoms with Gasteiger partial charge in [-0.1, -0.05) is 0 Å². The number of hydrogen-bond donors (Lipinski definition) is 0. The van der Waals surface area contributed by atoms with Crippen LogP contribution in [-0.2, 0) is 15.0 Å². The summed E-state index contributed by atoms with van der Waals surface area (Å²) in [6.07, 6.45) is -0.491. The van der Waals surface area contributed by atoms with Gasteiger partial charge >= 0.3 is 10.2 Å². The number of methoxy groups -OCH3 is 1. The largest absolute Gasteiger partial charge is 0.497 e. The molecule has 2 rings (SSSR count). The van der Waals surface area contributed by atoms with Crippen LogP contribution < -0.4 is 9.64 Å². The van der Waals surface area contributed by atoms with Crippen LogP contribution >= 0.6 is 0 Å². The van der Waals surface area contributed by atoms with Crippen LogP contribution in [0.4, 0.5) is 14.0 Å². The minimum absolute atomic E-state index is 0.115. The topological polar surface area (TPSA) is 63.7 Å². The number of carbonyl (C=O) groups is 1. The molecule has 1 aromatic rings. The lowest BCUT2D eigenvalue weighted by Crippen LogP contribution is -2.27. The van der Waals surface area contributed by atoms with Crippen LogP contribution in [0.15, 0.2) is 18.2 Å². The number of benzene rings is 1. The Bertz CT molecular complexity index is 617. The van der Waals surface area contributed by atoms with E-state index in [1.165, 1.54) is 19.2 Å². The second-order valence-electron chi connectivity index (χ2n) is 4.12. The van der Waals surface area contributed by atoms with Crippen molar-refractivity contribution < 1.29 is 26.2 Å². The third kappa shape index (κ3) is 2.67. The van der Waals surface area contributed by atoms with E-state index in [0.29, 0.717) is 5.75 Å². The Morgan fingerprint density at radius 3 is 2.63 bits per heavy atom. The van der Waals surface area contributed by atoms with Crippen molar-refractivity contribution in [2.75, 3.05) is 18.6 Å². The first-order chi connectivity index (χ1) is 8.82. The number of nitrogens with zero attached hydrogens (tertiary/aromatic N) is 1. The predicted molar refractivity (Wildman–Crippen MR) is 63.7 cm³/mol. The van der Waals surface area contributed by atoms with Crippen molar-refractivity contribution in [1.29, 1.82) is 0 Å². The van der Waals surface area contributed by atoms with E-state index in [4.69, 9.17) is 4.74 Å². The molecule has 1 aliphatic rings. The summed E-state index contributed by atoms with van der Waals surface area (Å²) in [5.74, 6) is -1.03. The summed E-state index contributed by atoms with van der Waals surface area (Å²) < 4.78 is 53.0. The fourth-order valence-electron chi connectivity index (χ4n) is 1.92. The standard InChI is InChI=1S/C11H11F2NO4S/c1-18-7-2-3-9(12)10(4-7)14-6-8(5-11(14)15)19(13,16)17/h2-4,8H,5-6H2,1H3. The summed E-state index contributed by atoms with van der Waals surface area (Å²) in [5.41, 5.74) is -0.115. The highest BCUT2D eigenvalue weighted by Crippen LogP contribution is 2.30. The molecule has 1 aliphatic heterocycles. The van der Waals surface area contributed by atoms with Crippen molar-refractivity contribution in [3.8, 4) is 5.75 Å². The zero-order chi connectivity index (χ0) is 14.2. The summed E-state index contributed by atoms with van der Waals surface area (Å²) in [5, 5.41) is -1.45. The van der Waals surface area contributed by atoms with Gasteiger partial charge in [-0.2, -0.15) is 8.42 Å². The number of halogens is 2. The van der Waals surface area contributed by atoms with Gasteiger partial charge in [-0.15, -0.1) is 3.89 Å². The molecule has 8 heteroatoms. The molecule has 0 bridgehead atoms. The van der Waals surface area contributed by atoms with Gasteiger partial charge in [0.15, 0.2) is 0 Å². The minimum atomic E-state index is -4.82. The Kier molecular flexibility index (Phi) is 3.44. The summed E-state index contributed by atoms with van der Waals surface area (Å²) in [4.78, 5) is 12.6. The molecular weight excluding hydrogens is 280 g/mol. The predicted octanol–water partition coefficient (Wildman–Crippen LogP) is 1.24. The van der Waals surface area contributed by atoms with Crippen LogP contribution in [0.25, 0.3) is 0 Å². The Labute approximate surface area is 109 Å². The van der Waals surface area contributed by atoms with Crippen molar-refractivity contribution in [3.63, 3.8) is 0 Å². The van der Waals surface area contributed by atoms with Gasteiger partial charge in [-0.3, -0.25) is 4.79 Å². The number of anilines is 1. The number of carbonyl (C=O) groups excluding carboxylic acids is 1. The first kappa shape index (κ1) is 13.7. The fourth-order valence-corrected chi connectivity index (χ4v) is 2.59. The summed E-state index contributed by atoms with van der Waals surface area (Å²) in [6.45, 7) is -0.401. The molecule has 0 spiro atoms. The van der Waals surface area contributed by atoms with Crippen LogP contribution in [0.1, 0.15) is 6.42 Å². The highest BCUT2D eigenvalue weighted by Gasteiger charge is 2.39. The van der Waals surface area contributed by atoms with E-state index < -0.39 is 40.2 Å². The lowest BCUT2D eigenvalue weighted by Gasteiger charge is -2.17. The maximum Gasteiger partial charge on any atom is 0.307 e. The second kappa shape index (κ2) is 4.76. The molecule has 5 nitrogen and oxygen atoms in total. The van der Waals surface area contributed by atoms with Gasteiger partial charge in [0.25, 0.3) is 0 Å². The van der Waals surface area contributed by atoms with Gasteiger partial charge in [0, 0.05) is 19.0 Å². The average Bonchev–Trinajstić information content (AvgIpc) is 2.72. The quantitative estimate of drug-likeness (QED) is 0.786. The summed E-state index contributed by atoms with van der Waals surface area (Å²) in [7, 11) is -3.45. The number of rotatable bonds is 3. The number of hydrogen-bond acceptors (Lipinski definition) is 4. The molecule has 1 heterocycles. The first-order valence-electron chi connectivity index (χ1n) is 5.40. The molecule has 0 radical (unpaired) electrons. The number of amides is 1. The van der Waals surface area contributed by atoms with Crippen molar-refractivity contribution in [1.82, 2.24) is 0 Å². The highest BCUT2D eigenvalue weighted by atomic mass is 32.3. The van der Waals surface area contributed by atoms with Gasteiger partial charge in [0.2, 0.25) is 5.91 Å². The maximum atomic E-state index is 13.7. The van der Waals surface area contributed by atoms with Gasteiger partial charge in [-0.25, -0.2) is 4.39 Å². The molecule has 1 unspecified atom stereocenters. The van der Waals surface area contributed by atoms with Crippen molar-refractivity contribution in [3.05, 3.63) is 24.0 Å². The van der Waals surface area contributed by atoms with Gasteiger partial charge in [0.1, 0.15) is 16.8 Å². The maximum absolute atomic E-state index is 13.7. The Balaban J connectivity index is 2.35. The normalized spacial score (nSPS) is 19.8. The van der Waals surface area contributed by atoms with Crippen LogP contribution in [0.5, 0.6) is 5.75 Å². The van der Waals surface area contributed by atoms with E-state index in [-0.39, 0.29) is 5.69 Å². The summed E-state index contributed by atoms with van der Waals surface area (Å²) in [6, 6.07) is 3.72. The fraction of sp³-hybridized carbons (Fsp3) is 0.364. The van der Waals surface area contributed by atoms with Crippen molar-refractivity contribution in [2.45, 2.75) is 11.7 Å².